The predicted octanol–water partition coefficient (Wildman–Crippen LogP) is 6.77. The molecule has 0 aliphatic carbocycles. The summed E-state index contributed by atoms with van der Waals surface area (Å²) in [6.07, 6.45) is 6.44. The molecule has 1 heterocycles. The van der Waals surface area contributed by atoms with Gasteiger partial charge in [-0.3, -0.25) is 0 Å². The summed E-state index contributed by atoms with van der Waals surface area (Å²) in [5.41, 5.74) is 3.04. The van der Waals surface area contributed by atoms with Crippen molar-refractivity contribution in [2.75, 3.05) is 26.3 Å². The summed E-state index contributed by atoms with van der Waals surface area (Å²) in [4.78, 5) is 0.293. The fraction of sp³-hybridized carbons (Fsp3) is 0.514. The van der Waals surface area contributed by atoms with Crippen LogP contribution in [0.15, 0.2) is 77.7 Å². The Kier molecular flexibility index (Phi) is 13.2. The number of aliphatic hydroxyl groups is 1. The Bertz CT molecular complexity index is 1480. The third kappa shape index (κ3) is 11.2. The van der Waals surface area contributed by atoms with Crippen LogP contribution >= 0.6 is 0 Å². The Balaban J connectivity index is 1.02. The first-order valence-electron chi connectivity index (χ1n) is 16.6. The van der Waals surface area contributed by atoms with E-state index in [1.807, 2.05) is 88.4 Å². The molecule has 3 N–H and O–H groups in total. The van der Waals surface area contributed by atoms with Gasteiger partial charge in [0.1, 0.15) is 5.75 Å². The lowest BCUT2D eigenvalue weighted by molar-refractivity contribution is -0.180. The summed E-state index contributed by atoms with van der Waals surface area (Å²) in [7, 11) is -3.66. The Morgan fingerprint density at radius 2 is 1.65 bits per heavy atom. The fourth-order valence-electron chi connectivity index (χ4n) is 5.54. The van der Waals surface area contributed by atoms with Crippen LogP contribution in [0.25, 0.3) is 0 Å². The monoisotopic (exact) mass is 652 g/mol. The van der Waals surface area contributed by atoms with Crippen LogP contribution in [-0.4, -0.2) is 45.6 Å². The smallest absolute Gasteiger partial charge is 0.241 e. The maximum Gasteiger partial charge on any atom is 0.241 e. The molecule has 0 bridgehead atoms. The molecule has 1 atom stereocenters. The van der Waals surface area contributed by atoms with Crippen molar-refractivity contribution in [3.8, 4) is 5.75 Å². The lowest BCUT2D eigenvalue weighted by atomic mass is 9.96. The Hall–Kier alpha value is -2.79. The van der Waals surface area contributed by atoms with Gasteiger partial charge in [0, 0.05) is 39.2 Å². The molecule has 8 nitrogen and oxygen atoms in total. The maximum absolute atomic E-state index is 13.1. The standard InChI is InChI=1S/C37H52N2O6S/c1-36(2,32-17-8-7-9-18-32)39-46(41,42)33-19-14-16-29(25-33)15-10-13-24-43-23-12-6-5-11-22-38-27-34(40)30-20-21-35-31(26-30)28-44-37(3,4)45-35/h7-9,14,16-21,25-26,34,38-40H,5-6,10-13,15,22-24,27-28H2,1-4H3/t34-/m1/s1. The Morgan fingerprint density at radius 1 is 0.913 bits per heavy atom. The highest BCUT2D eigenvalue weighted by molar-refractivity contribution is 7.89. The van der Waals surface area contributed by atoms with Crippen molar-refractivity contribution in [2.24, 2.45) is 0 Å². The highest BCUT2D eigenvalue weighted by Crippen LogP contribution is 2.33. The molecular formula is C37H52N2O6S. The van der Waals surface area contributed by atoms with Gasteiger partial charge in [0.25, 0.3) is 0 Å². The average Bonchev–Trinajstić information content (AvgIpc) is 3.02. The quantitative estimate of drug-likeness (QED) is 0.123. The second-order valence-corrected chi connectivity index (χ2v) is 14.8. The van der Waals surface area contributed by atoms with Crippen LogP contribution in [0.5, 0.6) is 5.75 Å². The molecule has 252 valence electrons. The first kappa shape index (κ1) is 36.1. The van der Waals surface area contributed by atoms with Gasteiger partial charge >= 0.3 is 0 Å². The van der Waals surface area contributed by atoms with Gasteiger partial charge in [-0.15, -0.1) is 0 Å². The van der Waals surface area contributed by atoms with Crippen LogP contribution < -0.4 is 14.8 Å². The van der Waals surface area contributed by atoms with Crippen LogP contribution in [0.1, 0.15) is 94.6 Å². The van der Waals surface area contributed by atoms with E-state index in [9.17, 15) is 13.5 Å². The first-order chi connectivity index (χ1) is 22.0. The zero-order valence-corrected chi connectivity index (χ0v) is 28.7. The number of ether oxygens (including phenoxy) is 3. The van der Waals surface area contributed by atoms with Gasteiger partial charge < -0.3 is 24.6 Å². The highest BCUT2D eigenvalue weighted by Gasteiger charge is 2.29. The molecule has 0 unspecified atom stereocenters. The van der Waals surface area contributed by atoms with E-state index in [2.05, 4.69) is 10.0 Å². The van der Waals surface area contributed by atoms with Crippen molar-refractivity contribution >= 4 is 10.0 Å². The summed E-state index contributed by atoms with van der Waals surface area (Å²) < 4.78 is 46.5. The van der Waals surface area contributed by atoms with Crippen LogP contribution in [-0.2, 0) is 38.1 Å². The van der Waals surface area contributed by atoms with E-state index in [-0.39, 0.29) is 0 Å². The Morgan fingerprint density at radius 3 is 2.43 bits per heavy atom. The van der Waals surface area contributed by atoms with E-state index >= 15 is 0 Å². The first-order valence-corrected chi connectivity index (χ1v) is 18.0. The van der Waals surface area contributed by atoms with Crippen molar-refractivity contribution in [1.29, 1.82) is 0 Å². The number of fused-ring (bicyclic) bond motifs is 1. The van der Waals surface area contributed by atoms with Crippen molar-refractivity contribution in [3.05, 3.63) is 95.1 Å². The van der Waals surface area contributed by atoms with Gasteiger partial charge in [0.15, 0.2) is 0 Å². The minimum absolute atomic E-state index is 0.293. The molecule has 3 aromatic carbocycles. The molecule has 0 saturated carbocycles. The number of sulfonamides is 1. The van der Waals surface area contributed by atoms with Gasteiger partial charge in [-0.25, -0.2) is 13.1 Å². The number of unbranched alkanes of at least 4 members (excludes halogenated alkanes) is 4. The van der Waals surface area contributed by atoms with E-state index in [4.69, 9.17) is 14.2 Å². The summed E-state index contributed by atoms with van der Waals surface area (Å²) in [5.74, 6) is 0.197. The van der Waals surface area contributed by atoms with Crippen LogP contribution in [0.3, 0.4) is 0 Å². The average molecular weight is 653 g/mol. The van der Waals surface area contributed by atoms with E-state index in [1.54, 1.807) is 12.1 Å². The van der Waals surface area contributed by atoms with Crippen molar-refractivity contribution in [3.63, 3.8) is 0 Å². The van der Waals surface area contributed by atoms with Crippen molar-refractivity contribution in [1.82, 2.24) is 10.0 Å². The Labute approximate surface area is 275 Å². The van der Waals surface area contributed by atoms with Gasteiger partial charge in [0.2, 0.25) is 15.8 Å². The molecule has 0 spiro atoms. The zero-order chi connectivity index (χ0) is 33.0. The van der Waals surface area contributed by atoms with E-state index in [1.165, 1.54) is 0 Å². The number of nitrogens with one attached hydrogen (secondary N) is 2. The molecule has 46 heavy (non-hydrogen) atoms. The number of benzene rings is 3. The summed E-state index contributed by atoms with van der Waals surface area (Å²) in [6, 6.07) is 22.6. The summed E-state index contributed by atoms with van der Waals surface area (Å²) >= 11 is 0. The van der Waals surface area contributed by atoms with Crippen LogP contribution in [0.2, 0.25) is 0 Å². The molecule has 0 amide bonds. The predicted molar refractivity (Wildman–Crippen MR) is 182 cm³/mol. The molecule has 9 heteroatoms. The minimum Gasteiger partial charge on any atom is -0.463 e. The molecule has 4 rings (SSSR count). The van der Waals surface area contributed by atoms with E-state index < -0.39 is 27.5 Å². The molecule has 0 saturated heterocycles. The SMILES string of the molecule is CC1(C)OCc2cc([C@H](O)CNCCCCCCOCCCCc3cccc(S(=O)(=O)NC(C)(C)c4ccccc4)c3)ccc2O1. The zero-order valence-electron chi connectivity index (χ0n) is 27.9. The third-order valence-corrected chi connectivity index (χ3v) is 9.88. The molecular weight excluding hydrogens is 600 g/mol. The van der Waals surface area contributed by atoms with Crippen LogP contribution in [0, 0.1) is 0 Å². The molecule has 1 aliphatic rings. The molecule has 0 fully saturated rings. The summed E-state index contributed by atoms with van der Waals surface area (Å²) in [5, 5.41) is 13.9. The number of hydrogen-bond donors (Lipinski definition) is 3. The fourth-order valence-corrected chi connectivity index (χ4v) is 7.01. The van der Waals surface area contributed by atoms with Gasteiger partial charge in [-0.2, -0.15) is 0 Å². The maximum atomic E-state index is 13.1. The molecule has 1 aliphatic heterocycles. The normalized spacial score (nSPS) is 15.2. The molecule has 3 aromatic rings. The number of hydrogen-bond acceptors (Lipinski definition) is 7. The second-order valence-electron chi connectivity index (χ2n) is 13.1. The topological polar surface area (TPSA) is 106 Å². The van der Waals surface area contributed by atoms with Gasteiger partial charge in [0.05, 0.1) is 23.1 Å². The minimum atomic E-state index is -3.66. The largest absolute Gasteiger partial charge is 0.463 e. The van der Waals surface area contributed by atoms with E-state index in [0.29, 0.717) is 24.7 Å². The lowest BCUT2D eigenvalue weighted by Gasteiger charge is -2.33. The van der Waals surface area contributed by atoms with E-state index in [0.717, 1.165) is 86.1 Å². The molecule has 0 aromatic heterocycles. The van der Waals surface area contributed by atoms with Gasteiger partial charge in [-0.05, 0) is 93.5 Å². The van der Waals surface area contributed by atoms with Crippen molar-refractivity contribution < 1.29 is 27.7 Å². The second kappa shape index (κ2) is 16.9. The summed E-state index contributed by atoms with van der Waals surface area (Å²) in [6.45, 7) is 10.9. The van der Waals surface area contributed by atoms with Crippen molar-refractivity contribution in [2.45, 2.75) is 102 Å². The van der Waals surface area contributed by atoms with Gasteiger partial charge in [-0.1, -0.05) is 61.4 Å². The lowest BCUT2D eigenvalue weighted by Crippen LogP contribution is -2.40. The number of aliphatic hydroxyl groups excluding tert-OH is 1. The number of aryl methyl sites for hydroxylation is 1. The number of rotatable bonds is 19. The molecule has 0 radical (unpaired) electrons. The highest BCUT2D eigenvalue weighted by atomic mass is 32.2. The van der Waals surface area contributed by atoms with Crippen LogP contribution in [0.4, 0.5) is 0 Å². The third-order valence-electron chi connectivity index (χ3n) is 8.23.